The average molecular weight is 274 g/mol. The quantitative estimate of drug-likeness (QED) is 0.711. The molecule has 0 spiro atoms. The van der Waals surface area contributed by atoms with Crippen LogP contribution in [0, 0.1) is 5.92 Å². The standard InChI is InChI=1S/C12H13F3O.C3H8/c1-8-6-9(7-8)16-11-5-3-2-4-10(11)12(13,14)15;1-3-2/h2-5,8-9H,6-7H2,1H3;3H2,1-2H3. The first-order chi connectivity index (χ1) is 8.88. The van der Waals surface area contributed by atoms with Crippen LogP contribution in [0.2, 0.25) is 0 Å². The Morgan fingerprint density at radius 2 is 1.68 bits per heavy atom. The summed E-state index contributed by atoms with van der Waals surface area (Å²) in [4.78, 5) is 0. The molecule has 0 radical (unpaired) electrons. The van der Waals surface area contributed by atoms with Crippen molar-refractivity contribution in [2.45, 2.75) is 52.3 Å². The number of rotatable bonds is 2. The van der Waals surface area contributed by atoms with E-state index < -0.39 is 11.7 Å². The van der Waals surface area contributed by atoms with Crippen LogP contribution in [0.1, 0.15) is 45.6 Å². The van der Waals surface area contributed by atoms with Crippen molar-refractivity contribution in [3.63, 3.8) is 0 Å². The minimum Gasteiger partial charge on any atom is -0.490 e. The number of halogens is 3. The molecule has 0 atom stereocenters. The monoisotopic (exact) mass is 274 g/mol. The molecule has 0 amide bonds. The summed E-state index contributed by atoms with van der Waals surface area (Å²) in [5.41, 5.74) is -0.686. The summed E-state index contributed by atoms with van der Waals surface area (Å²) in [5.74, 6) is 0.509. The Balaban J connectivity index is 0.000000550. The van der Waals surface area contributed by atoms with Crippen LogP contribution in [0.15, 0.2) is 24.3 Å². The van der Waals surface area contributed by atoms with Gasteiger partial charge in [-0.1, -0.05) is 39.3 Å². The molecule has 0 aromatic heterocycles. The van der Waals surface area contributed by atoms with Gasteiger partial charge in [0.05, 0.1) is 11.7 Å². The van der Waals surface area contributed by atoms with Crippen molar-refractivity contribution in [2.75, 3.05) is 0 Å². The molecule has 0 heterocycles. The number of benzene rings is 1. The second kappa shape index (κ2) is 6.83. The van der Waals surface area contributed by atoms with Crippen LogP contribution in [0.4, 0.5) is 13.2 Å². The van der Waals surface area contributed by atoms with Gasteiger partial charge in [-0.3, -0.25) is 0 Å². The second-order valence-electron chi connectivity index (χ2n) is 5.02. The van der Waals surface area contributed by atoms with Gasteiger partial charge in [-0.2, -0.15) is 13.2 Å². The topological polar surface area (TPSA) is 9.23 Å². The third-order valence-electron chi connectivity index (χ3n) is 2.82. The third kappa shape index (κ3) is 4.77. The maximum Gasteiger partial charge on any atom is 0.419 e. The van der Waals surface area contributed by atoms with Gasteiger partial charge >= 0.3 is 6.18 Å². The highest BCUT2D eigenvalue weighted by molar-refractivity contribution is 5.35. The molecule has 0 saturated heterocycles. The van der Waals surface area contributed by atoms with Crippen molar-refractivity contribution in [3.8, 4) is 5.75 Å². The summed E-state index contributed by atoms with van der Waals surface area (Å²) in [6, 6.07) is 5.37. The Labute approximate surface area is 112 Å². The molecular weight excluding hydrogens is 253 g/mol. The van der Waals surface area contributed by atoms with E-state index in [0.29, 0.717) is 5.92 Å². The molecule has 1 aromatic carbocycles. The molecular formula is C15H21F3O. The van der Waals surface area contributed by atoms with Crippen molar-refractivity contribution in [1.29, 1.82) is 0 Å². The van der Waals surface area contributed by atoms with Gasteiger partial charge in [0.2, 0.25) is 0 Å². The van der Waals surface area contributed by atoms with E-state index in [1.807, 2.05) is 0 Å². The van der Waals surface area contributed by atoms with Gasteiger partial charge in [-0.15, -0.1) is 0 Å². The summed E-state index contributed by atoms with van der Waals surface area (Å²) in [6.07, 6.45) is -1.47. The fourth-order valence-electron chi connectivity index (χ4n) is 1.91. The Morgan fingerprint density at radius 3 is 2.16 bits per heavy atom. The maximum absolute atomic E-state index is 12.6. The first-order valence-corrected chi connectivity index (χ1v) is 6.71. The van der Waals surface area contributed by atoms with Crippen molar-refractivity contribution >= 4 is 0 Å². The largest absolute Gasteiger partial charge is 0.490 e. The van der Waals surface area contributed by atoms with Gasteiger partial charge in [0.25, 0.3) is 0 Å². The highest BCUT2D eigenvalue weighted by Crippen LogP contribution is 2.38. The predicted octanol–water partition coefficient (Wildman–Crippen LogP) is 5.30. The van der Waals surface area contributed by atoms with Crippen LogP contribution in [0.5, 0.6) is 5.75 Å². The molecule has 1 nitrogen and oxygen atoms in total. The molecule has 2 rings (SSSR count). The molecule has 1 aromatic rings. The molecule has 19 heavy (non-hydrogen) atoms. The molecule has 0 unspecified atom stereocenters. The summed E-state index contributed by atoms with van der Waals surface area (Å²) in [7, 11) is 0. The summed E-state index contributed by atoms with van der Waals surface area (Å²) < 4.78 is 43.2. The molecule has 1 fully saturated rings. The van der Waals surface area contributed by atoms with Crippen molar-refractivity contribution in [1.82, 2.24) is 0 Å². The van der Waals surface area contributed by atoms with Gasteiger partial charge in [-0.25, -0.2) is 0 Å². The molecule has 1 aliphatic carbocycles. The summed E-state index contributed by atoms with van der Waals surface area (Å²) in [6.45, 7) is 6.32. The lowest BCUT2D eigenvalue weighted by Crippen LogP contribution is -2.32. The highest BCUT2D eigenvalue weighted by atomic mass is 19.4. The van der Waals surface area contributed by atoms with Crippen LogP contribution < -0.4 is 4.74 Å². The molecule has 108 valence electrons. The fraction of sp³-hybridized carbons (Fsp3) is 0.600. The lowest BCUT2D eigenvalue weighted by molar-refractivity contribution is -0.139. The Hall–Kier alpha value is -1.19. The van der Waals surface area contributed by atoms with Crippen molar-refractivity contribution in [3.05, 3.63) is 29.8 Å². The Kier molecular flexibility index (Phi) is 5.70. The van der Waals surface area contributed by atoms with E-state index in [9.17, 15) is 13.2 Å². The zero-order valence-electron chi connectivity index (χ0n) is 11.6. The highest BCUT2D eigenvalue weighted by Gasteiger charge is 2.36. The average Bonchev–Trinajstić information content (AvgIpc) is 2.27. The van der Waals surface area contributed by atoms with Gasteiger partial charge < -0.3 is 4.74 Å². The number of alkyl halides is 3. The first-order valence-electron chi connectivity index (χ1n) is 6.71. The zero-order chi connectivity index (χ0) is 14.5. The van der Waals surface area contributed by atoms with Gasteiger partial charge in [0, 0.05) is 0 Å². The van der Waals surface area contributed by atoms with Crippen molar-refractivity contribution < 1.29 is 17.9 Å². The van der Waals surface area contributed by atoms with E-state index in [2.05, 4.69) is 20.8 Å². The molecule has 4 heteroatoms. The normalized spacial score (nSPS) is 22.0. The van der Waals surface area contributed by atoms with E-state index in [1.165, 1.54) is 18.6 Å². The first kappa shape index (κ1) is 15.9. The molecule has 1 saturated carbocycles. The minimum absolute atomic E-state index is 0.0492. The summed E-state index contributed by atoms with van der Waals surface area (Å²) >= 11 is 0. The van der Waals surface area contributed by atoms with E-state index in [1.54, 1.807) is 6.07 Å². The van der Waals surface area contributed by atoms with Crippen LogP contribution in [-0.4, -0.2) is 6.10 Å². The van der Waals surface area contributed by atoms with E-state index in [4.69, 9.17) is 4.74 Å². The Bertz CT molecular complexity index is 381. The smallest absolute Gasteiger partial charge is 0.419 e. The van der Waals surface area contributed by atoms with E-state index >= 15 is 0 Å². The summed E-state index contributed by atoms with van der Waals surface area (Å²) in [5, 5.41) is 0. The van der Waals surface area contributed by atoms with E-state index in [-0.39, 0.29) is 11.9 Å². The fourth-order valence-corrected chi connectivity index (χ4v) is 1.91. The lowest BCUT2D eigenvalue weighted by Gasteiger charge is -2.33. The van der Waals surface area contributed by atoms with Crippen LogP contribution in [0.3, 0.4) is 0 Å². The lowest BCUT2D eigenvalue weighted by atomic mass is 9.84. The van der Waals surface area contributed by atoms with Crippen molar-refractivity contribution in [2.24, 2.45) is 5.92 Å². The SMILES string of the molecule is CC1CC(Oc2ccccc2C(F)(F)F)C1.CCC. The molecule has 0 bridgehead atoms. The number of hydrogen-bond donors (Lipinski definition) is 0. The molecule has 1 aliphatic rings. The van der Waals surface area contributed by atoms with E-state index in [0.717, 1.165) is 18.9 Å². The maximum atomic E-state index is 12.6. The zero-order valence-corrected chi connectivity index (χ0v) is 11.6. The van der Waals surface area contributed by atoms with Gasteiger partial charge in [0.1, 0.15) is 5.75 Å². The predicted molar refractivity (Wildman–Crippen MR) is 70.2 cm³/mol. The van der Waals surface area contributed by atoms with Gasteiger partial charge in [-0.05, 0) is 30.9 Å². The van der Waals surface area contributed by atoms with Gasteiger partial charge in [0.15, 0.2) is 0 Å². The number of para-hydroxylation sites is 1. The van der Waals surface area contributed by atoms with Crippen LogP contribution >= 0.6 is 0 Å². The molecule has 0 N–H and O–H groups in total. The second-order valence-corrected chi connectivity index (χ2v) is 5.02. The number of hydrogen-bond acceptors (Lipinski definition) is 1. The van der Waals surface area contributed by atoms with Crippen LogP contribution in [-0.2, 0) is 6.18 Å². The molecule has 0 aliphatic heterocycles. The third-order valence-corrected chi connectivity index (χ3v) is 2.82. The van der Waals surface area contributed by atoms with Crippen LogP contribution in [0.25, 0.3) is 0 Å². The number of ether oxygens (including phenoxy) is 1. The Morgan fingerprint density at radius 1 is 1.16 bits per heavy atom. The minimum atomic E-state index is -4.34.